The molecule has 0 radical (unpaired) electrons. The number of nitrogens with zero attached hydrogens (tertiary/aromatic N) is 4. The Morgan fingerprint density at radius 1 is 1.37 bits per heavy atom. The van der Waals surface area contributed by atoms with Gasteiger partial charge in [-0.3, -0.25) is 5.10 Å². The monoisotopic (exact) mass is 405 g/mol. The minimum Gasteiger partial charge on any atom is -0.377 e. The van der Waals surface area contributed by atoms with Crippen molar-refractivity contribution in [3.05, 3.63) is 18.3 Å². The highest BCUT2D eigenvalue weighted by molar-refractivity contribution is 7.92. The molecule has 2 aliphatic rings. The molecule has 142 valence electrons. The van der Waals surface area contributed by atoms with Crippen LogP contribution in [-0.4, -0.2) is 59.0 Å². The molecule has 2 fully saturated rings. The summed E-state index contributed by atoms with van der Waals surface area (Å²) in [5.74, 6) is 0.665. The summed E-state index contributed by atoms with van der Waals surface area (Å²) in [7, 11) is -3.38. The molecule has 1 saturated heterocycles. The molecule has 3 aromatic rings. The van der Waals surface area contributed by atoms with Crippen molar-refractivity contribution in [3.63, 3.8) is 0 Å². The summed E-state index contributed by atoms with van der Waals surface area (Å²) >= 11 is 1.18. The number of hydrogen-bond acceptors (Lipinski definition) is 8. The maximum absolute atomic E-state index is 13.1. The molecular formula is C17H19N5O3S2. The number of anilines is 1. The van der Waals surface area contributed by atoms with Crippen molar-refractivity contribution in [3.8, 4) is 11.4 Å². The summed E-state index contributed by atoms with van der Waals surface area (Å²) in [5.41, 5.74) is 1.98. The second-order valence-electron chi connectivity index (χ2n) is 7.02. The summed E-state index contributed by atoms with van der Waals surface area (Å²) in [6.07, 6.45) is 3.10. The molecule has 0 bridgehead atoms. The number of rotatable bonds is 4. The van der Waals surface area contributed by atoms with Gasteiger partial charge in [0.15, 0.2) is 9.84 Å². The summed E-state index contributed by atoms with van der Waals surface area (Å²) in [4.78, 5) is 7.29. The number of H-pyrrole nitrogens is 1. The van der Waals surface area contributed by atoms with Crippen LogP contribution in [0.4, 0.5) is 5.82 Å². The zero-order valence-electron chi connectivity index (χ0n) is 14.8. The number of hydrogen-bond donors (Lipinski definition) is 1. The lowest BCUT2D eigenvalue weighted by atomic mass is 10.2. The fraction of sp³-hybridized carbons (Fsp3) is 0.471. The molecule has 0 aromatic carbocycles. The number of nitrogens with one attached hydrogen (secondary N) is 1. The zero-order chi connectivity index (χ0) is 18.6. The Bertz CT molecular complexity index is 1090. The van der Waals surface area contributed by atoms with Crippen molar-refractivity contribution in [1.29, 1.82) is 0 Å². The predicted molar refractivity (Wildman–Crippen MR) is 103 cm³/mol. The maximum Gasteiger partial charge on any atom is 0.182 e. The van der Waals surface area contributed by atoms with Gasteiger partial charge >= 0.3 is 0 Å². The highest BCUT2D eigenvalue weighted by Crippen LogP contribution is 2.41. The third-order valence-corrected chi connectivity index (χ3v) is 8.35. The molecule has 1 N–H and O–H groups in total. The molecule has 4 heterocycles. The summed E-state index contributed by atoms with van der Waals surface area (Å²) < 4.78 is 36.9. The van der Waals surface area contributed by atoms with E-state index in [4.69, 9.17) is 9.72 Å². The molecule has 27 heavy (non-hydrogen) atoms. The number of morpholine rings is 1. The minimum atomic E-state index is -3.38. The van der Waals surface area contributed by atoms with Gasteiger partial charge in [-0.05, 0) is 37.4 Å². The maximum atomic E-state index is 13.1. The molecule has 0 unspecified atom stereocenters. The fourth-order valence-electron chi connectivity index (χ4n) is 3.43. The number of aromatic amines is 1. The van der Waals surface area contributed by atoms with Gasteiger partial charge in [0, 0.05) is 18.8 Å². The molecule has 0 spiro atoms. The third-order valence-electron chi connectivity index (χ3n) is 5.07. The van der Waals surface area contributed by atoms with Gasteiger partial charge in [-0.15, -0.1) is 0 Å². The van der Waals surface area contributed by atoms with E-state index in [2.05, 4.69) is 26.4 Å². The highest BCUT2D eigenvalue weighted by atomic mass is 32.2. The van der Waals surface area contributed by atoms with Gasteiger partial charge in [0.1, 0.15) is 17.0 Å². The van der Waals surface area contributed by atoms with E-state index < -0.39 is 9.84 Å². The molecule has 1 aliphatic carbocycles. The first-order valence-corrected chi connectivity index (χ1v) is 11.3. The number of ether oxygens (including phenoxy) is 1. The molecule has 1 atom stereocenters. The Hall–Kier alpha value is -2.04. The van der Waals surface area contributed by atoms with Crippen molar-refractivity contribution < 1.29 is 13.2 Å². The van der Waals surface area contributed by atoms with Gasteiger partial charge in [0.05, 0.1) is 39.8 Å². The molecule has 3 aromatic heterocycles. The molecule has 8 nitrogen and oxygen atoms in total. The standard InChI is InChI=1S/C17H19N5O3S2/c1-10-9-25-7-6-22(10)14-8-13(27(23,24)11-2-3-11)17-16(19-14)15(21-26-17)12-4-5-18-20-12/h4-5,8,10-11H,2-3,6-7,9H2,1H3,(H,18,20)/t10-/m1/s1. The van der Waals surface area contributed by atoms with Crippen molar-refractivity contribution in [2.75, 3.05) is 24.7 Å². The van der Waals surface area contributed by atoms with E-state index in [-0.39, 0.29) is 11.3 Å². The molecule has 5 rings (SSSR count). The van der Waals surface area contributed by atoms with Crippen molar-refractivity contribution in [2.45, 2.75) is 36.0 Å². The average molecular weight is 406 g/mol. The van der Waals surface area contributed by atoms with E-state index in [1.54, 1.807) is 12.3 Å². The first-order valence-electron chi connectivity index (χ1n) is 8.94. The summed E-state index contributed by atoms with van der Waals surface area (Å²) in [6, 6.07) is 3.67. The second-order valence-corrected chi connectivity index (χ2v) is 9.99. The normalized spacial score (nSPS) is 21.1. The predicted octanol–water partition coefficient (Wildman–Crippen LogP) is 2.24. The fourth-order valence-corrected chi connectivity index (χ4v) is 6.37. The van der Waals surface area contributed by atoms with Crippen LogP contribution in [-0.2, 0) is 14.6 Å². The van der Waals surface area contributed by atoms with E-state index in [1.807, 2.05) is 6.07 Å². The minimum absolute atomic E-state index is 0.127. The van der Waals surface area contributed by atoms with E-state index in [0.29, 0.717) is 46.4 Å². The summed E-state index contributed by atoms with van der Waals surface area (Å²) in [6.45, 7) is 3.94. The van der Waals surface area contributed by atoms with Crippen LogP contribution in [0.5, 0.6) is 0 Å². The number of aromatic nitrogens is 4. The molecule has 1 saturated carbocycles. The average Bonchev–Trinajstić information content (AvgIpc) is 3.23. The van der Waals surface area contributed by atoms with Crippen LogP contribution < -0.4 is 4.90 Å². The first-order chi connectivity index (χ1) is 13.1. The summed E-state index contributed by atoms with van der Waals surface area (Å²) in [5, 5.41) is 6.61. The smallest absolute Gasteiger partial charge is 0.182 e. The molecule has 0 amide bonds. The van der Waals surface area contributed by atoms with Gasteiger partial charge in [-0.25, -0.2) is 13.4 Å². The van der Waals surface area contributed by atoms with Crippen LogP contribution in [0.1, 0.15) is 19.8 Å². The highest BCUT2D eigenvalue weighted by Gasteiger charge is 2.39. The van der Waals surface area contributed by atoms with Gasteiger partial charge in [0.2, 0.25) is 0 Å². The second kappa shape index (κ2) is 6.25. The Morgan fingerprint density at radius 3 is 2.93 bits per heavy atom. The van der Waals surface area contributed by atoms with Crippen molar-refractivity contribution in [1.82, 2.24) is 19.6 Å². The zero-order valence-corrected chi connectivity index (χ0v) is 16.4. The van der Waals surface area contributed by atoms with Crippen LogP contribution in [0.3, 0.4) is 0 Å². The molecular weight excluding hydrogens is 386 g/mol. The van der Waals surface area contributed by atoms with Crippen LogP contribution in [0.2, 0.25) is 0 Å². The van der Waals surface area contributed by atoms with E-state index in [9.17, 15) is 8.42 Å². The van der Waals surface area contributed by atoms with Crippen LogP contribution in [0.15, 0.2) is 23.2 Å². The van der Waals surface area contributed by atoms with Gasteiger partial charge < -0.3 is 9.64 Å². The van der Waals surface area contributed by atoms with E-state index >= 15 is 0 Å². The van der Waals surface area contributed by atoms with Crippen LogP contribution in [0.25, 0.3) is 21.6 Å². The topological polar surface area (TPSA) is 101 Å². The van der Waals surface area contributed by atoms with Crippen LogP contribution in [0, 0.1) is 0 Å². The Morgan fingerprint density at radius 2 is 2.22 bits per heavy atom. The lowest BCUT2D eigenvalue weighted by Gasteiger charge is -2.34. The largest absolute Gasteiger partial charge is 0.377 e. The number of pyridine rings is 1. The van der Waals surface area contributed by atoms with E-state index in [0.717, 1.165) is 18.5 Å². The molecule has 1 aliphatic heterocycles. The van der Waals surface area contributed by atoms with Gasteiger partial charge in [-0.1, -0.05) is 0 Å². The first kappa shape index (κ1) is 17.1. The lowest BCUT2D eigenvalue weighted by molar-refractivity contribution is 0.0985. The Balaban J connectivity index is 1.74. The Kier molecular flexibility index (Phi) is 3.95. The number of sulfone groups is 1. The van der Waals surface area contributed by atoms with Crippen LogP contribution >= 0.6 is 11.5 Å². The Labute approximate surface area is 160 Å². The number of fused-ring (bicyclic) bond motifs is 1. The third kappa shape index (κ3) is 2.82. The molecule has 10 heteroatoms. The SMILES string of the molecule is C[C@@H]1COCCN1c1cc(S(=O)(=O)C2CC2)c2snc(-c3ccn[nH]3)c2n1. The quantitative estimate of drug-likeness (QED) is 0.710. The van der Waals surface area contributed by atoms with Crippen molar-refractivity contribution >= 4 is 37.4 Å². The van der Waals surface area contributed by atoms with E-state index in [1.165, 1.54) is 11.5 Å². The van der Waals surface area contributed by atoms with Gasteiger partial charge in [-0.2, -0.15) is 9.47 Å². The van der Waals surface area contributed by atoms with Gasteiger partial charge in [0.25, 0.3) is 0 Å². The van der Waals surface area contributed by atoms with Crippen molar-refractivity contribution in [2.24, 2.45) is 0 Å². The lowest BCUT2D eigenvalue weighted by Crippen LogP contribution is -2.44.